The van der Waals surface area contributed by atoms with E-state index in [1.165, 1.54) is 0 Å². The number of hydrogen-bond acceptors (Lipinski definition) is 3. The molecule has 1 unspecified atom stereocenters. The van der Waals surface area contributed by atoms with Gasteiger partial charge in [-0.25, -0.2) is 0 Å². The molecule has 0 saturated heterocycles. The second-order valence-corrected chi connectivity index (χ2v) is 3.72. The Hall–Kier alpha value is -0.610. The molecule has 0 heterocycles. The quantitative estimate of drug-likeness (QED) is 0.633. The van der Waals surface area contributed by atoms with Gasteiger partial charge in [0.25, 0.3) is 0 Å². The largest absolute Gasteiger partial charge is 0.480 e. The molecule has 0 rings (SSSR count). The summed E-state index contributed by atoms with van der Waals surface area (Å²) in [5.41, 5.74) is 0. The molecule has 0 fully saturated rings. The molecule has 0 radical (unpaired) electrons. The normalized spacial score (nSPS) is 13.7. The van der Waals surface area contributed by atoms with Crippen LogP contribution in [0.2, 0.25) is 0 Å². The summed E-state index contributed by atoms with van der Waals surface area (Å²) >= 11 is 0. The zero-order chi connectivity index (χ0) is 10.4. The Kier molecular flexibility index (Phi) is 5.66. The van der Waals surface area contributed by atoms with Gasteiger partial charge < -0.3 is 10.4 Å². The molecule has 0 aliphatic heterocycles. The summed E-state index contributed by atoms with van der Waals surface area (Å²) in [7, 11) is 3.57. The van der Waals surface area contributed by atoms with Crippen LogP contribution in [0.4, 0.5) is 0 Å². The molecule has 1 atom stereocenters. The summed E-state index contributed by atoms with van der Waals surface area (Å²) in [6.07, 6.45) is 0.639. The molecule has 4 heteroatoms. The average Bonchev–Trinajstić information content (AvgIpc) is 1.95. The van der Waals surface area contributed by atoms with Crippen LogP contribution in [0.5, 0.6) is 0 Å². The molecule has 78 valence electrons. The van der Waals surface area contributed by atoms with Crippen molar-refractivity contribution in [1.29, 1.82) is 0 Å². The van der Waals surface area contributed by atoms with E-state index in [2.05, 4.69) is 5.32 Å². The summed E-state index contributed by atoms with van der Waals surface area (Å²) < 4.78 is 0. The molecule has 0 amide bonds. The Labute approximate surface area is 79.9 Å². The van der Waals surface area contributed by atoms with Crippen LogP contribution >= 0.6 is 0 Å². The van der Waals surface area contributed by atoms with E-state index in [9.17, 15) is 4.79 Å². The topological polar surface area (TPSA) is 52.6 Å². The van der Waals surface area contributed by atoms with Crippen molar-refractivity contribution in [3.05, 3.63) is 0 Å². The molecule has 0 spiro atoms. The first-order valence-corrected chi connectivity index (χ1v) is 4.57. The Balaban J connectivity index is 3.77. The lowest BCUT2D eigenvalue weighted by Crippen LogP contribution is -2.39. The highest BCUT2D eigenvalue weighted by atomic mass is 16.4. The van der Waals surface area contributed by atoms with Crippen LogP contribution in [0, 0.1) is 0 Å². The third kappa shape index (κ3) is 5.60. The molecule has 13 heavy (non-hydrogen) atoms. The number of nitrogens with one attached hydrogen (secondary N) is 1. The smallest absolute Gasteiger partial charge is 0.320 e. The minimum Gasteiger partial charge on any atom is -0.480 e. The van der Waals surface area contributed by atoms with Gasteiger partial charge in [0.1, 0.15) is 6.04 Å². The molecule has 0 aromatic heterocycles. The van der Waals surface area contributed by atoms with Gasteiger partial charge in [0.2, 0.25) is 0 Å². The van der Waals surface area contributed by atoms with E-state index in [0.29, 0.717) is 12.5 Å². The Morgan fingerprint density at radius 3 is 2.31 bits per heavy atom. The minimum atomic E-state index is -0.754. The summed E-state index contributed by atoms with van der Waals surface area (Å²) in [6.45, 7) is 4.84. The Morgan fingerprint density at radius 1 is 1.46 bits per heavy atom. The van der Waals surface area contributed by atoms with Gasteiger partial charge in [0.05, 0.1) is 0 Å². The molecule has 0 aromatic carbocycles. The molecular weight excluding hydrogens is 168 g/mol. The lowest BCUT2D eigenvalue weighted by atomic mass is 10.2. The van der Waals surface area contributed by atoms with Crippen molar-refractivity contribution in [2.45, 2.75) is 32.4 Å². The molecule has 0 saturated carbocycles. The van der Waals surface area contributed by atoms with Gasteiger partial charge in [0, 0.05) is 6.04 Å². The summed E-state index contributed by atoms with van der Waals surface area (Å²) in [4.78, 5) is 12.5. The number of carboxylic acid groups (broad SMARTS) is 1. The summed E-state index contributed by atoms with van der Waals surface area (Å²) in [5.74, 6) is -0.754. The van der Waals surface area contributed by atoms with Gasteiger partial charge in [-0.05, 0) is 27.1 Å². The number of rotatable bonds is 6. The van der Waals surface area contributed by atoms with Gasteiger partial charge in [-0.3, -0.25) is 9.69 Å². The standard InChI is InChI=1S/C9H20N2O2/c1-7(2)10-6-5-8(9(12)13)11(3)4/h7-8,10H,5-6H2,1-4H3,(H,12,13). The maximum absolute atomic E-state index is 10.7. The number of aliphatic carboxylic acids is 1. The van der Waals surface area contributed by atoms with Crippen molar-refractivity contribution in [3.8, 4) is 0 Å². The highest BCUT2D eigenvalue weighted by Crippen LogP contribution is 1.98. The van der Waals surface area contributed by atoms with E-state index in [4.69, 9.17) is 5.11 Å². The maximum Gasteiger partial charge on any atom is 0.320 e. The van der Waals surface area contributed by atoms with Crippen LogP contribution < -0.4 is 5.32 Å². The second kappa shape index (κ2) is 5.94. The number of nitrogens with zero attached hydrogens (tertiary/aromatic N) is 1. The SMILES string of the molecule is CC(C)NCCC(C(=O)O)N(C)C. The third-order valence-electron chi connectivity index (χ3n) is 1.88. The molecule has 0 bridgehead atoms. The summed E-state index contributed by atoms with van der Waals surface area (Å²) in [6, 6.07) is 0.0304. The van der Waals surface area contributed by atoms with E-state index in [1.807, 2.05) is 13.8 Å². The monoisotopic (exact) mass is 188 g/mol. The van der Waals surface area contributed by atoms with Crippen LogP contribution in [-0.4, -0.2) is 48.7 Å². The van der Waals surface area contributed by atoms with Crippen molar-refractivity contribution < 1.29 is 9.90 Å². The van der Waals surface area contributed by atoms with E-state index in [1.54, 1.807) is 19.0 Å². The van der Waals surface area contributed by atoms with E-state index in [-0.39, 0.29) is 6.04 Å². The lowest BCUT2D eigenvalue weighted by molar-refractivity contribution is -0.142. The number of hydrogen-bond donors (Lipinski definition) is 2. The maximum atomic E-state index is 10.7. The average molecular weight is 188 g/mol. The van der Waals surface area contributed by atoms with Gasteiger partial charge in [-0.1, -0.05) is 13.8 Å². The molecular formula is C9H20N2O2. The van der Waals surface area contributed by atoms with Crippen LogP contribution in [0.3, 0.4) is 0 Å². The van der Waals surface area contributed by atoms with Gasteiger partial charge in [-0.15, -0.1) is 0 Å². The van der Waals surface area contributed by atoms with Gasteiger partial charge in [0.15, 0.2) is 0 Å². The van der Waals surface area contributed by atoms with Crippen molar-refractivity contribution in [2.75, 3.05) is 20.6 Å². The van der Waals surface area contributed by atoms with Gasteiger partial charge in [-0.2, -0.15) is 0 Å². The van der Waals surface area contributed by atoms with Crippen LogP contribution in [-0.2, 0) is 4.79 Å². The van der Waals surface area contributed by atoms with Crippen LogP contribution in [0.25, 0.3) is 0 Å². The van der Waals surface area contributed by atoms with E-state index < -0.39 is 5.97 Å². The van der Waals surface area contributed by atoms with Crippen molar-refractivity contribution in [1.82, 2.24) is 10.2 Å². The zero-order valence-electron chi connectivity index (χ0n) is 8.87. The number of carboxylic acids is 1. The van der Waals surface area contributed by atoms with Crippen molar-refractivity contribution >= 4 is 5.97 Å². The van der Waals surface area contributed by atoms with Crippen molar-refractivity contribution in [3.63, 3.8) is 0 Å². The first kappa shape index (κ1) is 12.4. The first-order chi connectivity index (χ1) is 5.95. The van der Waals surface area contributed by atoms with Crippen LogP contribution in [0.15, 0.2) is 0 Å². The minimum absolute atomic E-state index is 0.383. The second-order valence-electron chi connectivity index (χ2n) is 3.72. The molecule has 0 aliphatic rings. The molecule has 0 aromatic rings. The fraction of sp³-hybridized carbons (Fsp3) is 0.889. The van der Waals surface area contributed by atoms with Crippen molar-refractivity contribution in [2.24, 2.45) is 0 Å². The fourth-order valence-electron chi connectivity index (χ4n) is 1.11. The number of likely N-dealkylation sites (N-methyl/N-ethyl adjacent to an activating group) is 1. The Bertz CT molecular complexity index is 158. The predicted octanol–water partition coefficient (Wildman–Crippen LogP) is 0.389. The molecule has 2 N–H and O–H groups in total. The molecule has 4 nitrogen and oxygen atoms in total. The van der Waals surface area contributed by atoms with Crippen LogP contribution in [0.1, 0.15) is 20.3 Å². The number of carbonyl (C=O) groups is 1. The van der Waals surface area contributed by atoms with Gasteiger partial charge >= 0.3 is 5.97 Å². The summed E-state index contributed by atoms with van der Waals surface area (Å²) in [5, 5.41) is 12.0. The first-order valence-electron chi connectivity index (χ1n) is 4.57. The Morgan fingerprint density at radius 2 is 2.00 bits per heavy atom. The molecule has 0 aliphatic carbocycles. The van der Waals surface area contributed by atoms with E-state index in [0.717, 1.165) is 6.54 Å². The van der Waals surface area contributed by atoms with E-state index >= 15 is 0 Å². The third-order valence-corrected chi connectivity index (χ3v) is 1.88. The lowest BCUT2D eigenvalue weighted by Gasteiger charge is -2.20. The predicted molar refractivity (Wildman–Crippen MR) is 52.9 cm³/mol. The highest BCUT2D eigenvalue weighted by molar-refractivity contribution is 5.73. The zero-order valence-corrected chi connectivity index (χ0v) is 8.87. The fourth-order valence-corrected chi connectivity index (χ4v) is 1.11. The highest BCUT2D eigenvalue weighted by Gasteiger charge is 2.18.